The van der Waals surface area contributed by atoms with Crippen molar-refractivity contribution in [2.75, 3.05) is 6.54 Å². The molecular formula is C30H51NO. The fraction of sp³-hybridized carbons (Fsp3) is 0.933. The normalized spacial score (nSPS) is 56.5. The second kappa shape index (κ2) is 7.09. The highest BCUT2D eigenvalue weighted by molar-refractivity contribution is 5.21. The molecule has 32 heavy (non-hydrogen) atoms. The summed E-state index contributed by atoms with van der Waals surface area (Å²) in [5, 5.41) is 10.9. The van der Waals surface area contributed by atoms with Crippen LogP contribution in [0.3, 0.4) is 0 Å². The minimum atomic E-state index is -0.133. The van der Waals surface area contributed by atoms with Crippen molar-refractivity contribution in [3.05, 3.63) is 12.2 Å². The molecule has 2 heteroatoms. The molecule has 3 N–H and O–H groups in total. The first-order chi connectivity index (χ1) is 14.9. The summed E-state index contributed by atoms with van der Waals surface area (Å²) in [4.78, 5) is 0. The van der Waals surface area contributed by atoms with Crippen molar-refractivity contribution in [1.82, 2.24) is 0 Å². The highest BCUT2D eigenvalue weighted by Gasteiger charge is 2.70. The molecule has 5 fully saturated rings. The van der Waals surface area contributed by atoms with Crippen LogP contribution in [0.4, 0.5) is 0 Å². The highest BCUT2D eigenvalue weighted by atomic mass is 16.3. The van der Waals surface area contributed by atoms with E-state index in [4.69, 9.17) is 5.73 Å². The van der Waals surface area contributed by atoms with Gasteiger partial charge in [0.05, 0.1) is 6.10 Å². The smallest absolute Gasteiger partial charge is 0.0594 e. The zero-order valence-electron chi connectivity index (χ0n) is 22.0. The minimum Gasteiger partial charge on any atom is -0.393 e. The van der Waals surface area contributed by atoms with Gasteiger partial charge >= 0.3 is 0 Å². The van der Waals surface area contributed by atoms with Gasteiger partial charge in [-0.05, 0) is 134 Å². The lowest BCUT2D eigenvalue weighted by Gasteiger charge is -2.73. The lowest BCUT2D eigenvalue weighted by atomic mass is 9.32. The average molecular weight is 442 g/mol. The van der Waals surface area contributed by atoms with E-state index in [-0.39, 0.29) is 11.5 Å². The van der Waals surface area contributed by atoms with Crippen LogP contribution in [0, 0.1) is 56.7 Å². The Morgan fingerprint density at radius 1 is 0.844 bits per heavy atom. The quantitative estimate of drug-likeness (QED) is 0.455. The van der Waals surface area contributed by atoms with Gasteiger partial charge in [0.25, 0.3) is 0 Å². The van der Waals surface area contributed by atoms with Crippen LogP contribution in [0.25, 0.3) is 0 Å². The number of hydrogen-bond donors (Lipinski definition) is 2. The SMILES string of the molecule is C=C(C)[C@@H]1CC[C@]2(CN)CC[C@]3(C)[C@H](CCC4[C@@]5(C)CC[C@H](O)C(C)(C)C5CC[C@]43C)C12. The van der Waals surface area contributed by atoms with E-state index in [1.807, 2.05) is 0 Å². The van der Waals surface area contributed by atoms with Crippen LogP contribution in [0.15, 0.2) is 12.2 Å². The predicted molar refractivity (Wildman–Crippen MR) is 134 cm³/mol. The standard InChI is InChI=1S/C30H51NO/c1-19(2)20-10-15-30(18-31)17-16-28(6)21(25(20)30)8-9-23-27(5)13-12-24(32)26(3,4)22(27)11-14-29(23,28)7/h20-25,32H,1,8-18,31H2,2-7H3/t20-,21+,22?,23?,24-,25?,27-,28+,29+,30+/m0/s1. The number of fused-ring (bicyclic) bond motifs is 7. The van der Waals surface area contributed by atoms with Crippen LogP contribution in [0.1, 0.15) is 106 Å². The maximum atomic E-state index is 10.9. The Labute approximate surface area is 198 Å². The molecule has 5 aliphatic rings. The molecule has 0 amide bonds. The number of nitrogens with two attached hydrogens (primary N) is 1. The second-order valence-electron chi connectivity index (χ2n) is 14.6. The van der Waals surface area contributed by atoms with E-state index in [1.54, 1.807) is 0 Å². The van der Waals surface area contributed by atoms with Crippen LogP contribution in [-0.4, -0.2) is 17.8 Å². The van der Waals surface area contributed by atoms with Crippen LogP contribution >= 0.6 is 0 Å². The number of hydrogen-bond acceptors (Lipinski definition) is 2. The van der Waals surface area contributed by atoms with Crippen LogP contribution in [0.2, 0.25) is 0 Å². The molecular weight excluding hydrogens is 390 g/mol. The molecule has 5 saturated carbocycles. The maximum absolute atomic E-state index is 10.9. The summed E-state index contributed by atoms with van der Waals surface area (Å²) in [6, 6.07) is 0. The number of aliphatic hydroxyl groups is 1. The first-order valence-corrected chi connectivity index (χ1v) is 13.9. The van der Waals surface area contributed by atoms with Crippen LogP contribution in [-0.2, 0) is 0 Å². The van der Waals surface area contributed by atoms with Crippen molar-refractivity contribution < 1.29 is 5.11 Å². The van der Waals surface area contributed by atoms with E-state index in [0.29, 0.717) is 33.5 Å². The van der Waals surface area contributed by atoms with Crippen molar-refractivity contribution in [3.63, 3.8) is 0 Å². The number of rotatable bonds is 2. The lowest BCUT2D eigenvalue weighted by molar-refractivity contribution is -0.247. The molecule has 5 rings (SSSR count). The molecule has 0 heterocycles. The second-order valence-corrected chi connectivity index (χ2v) is 14.6. The first kappa shape index (κ1) is 23.4. The van der Waals surface area contributed by atoms with Crippen LogP contribution < -0.4 is 5.73 Å². The zero-order valence-corrected chi connectivity index (χ0v) is 22.0. The maximum Gasteiger partial charge on any atom is 0.0594 e. The Morgan fingerprint density at radius 3 is 2.22 bits per heavy atom. The third-order valence-electron chi connectivity index (χ3n) is 13.6. The molecule has 0 aromatic heterocycles. The summed E-state index contributed by atoms with van der Waals surface area (Å²) < 4.78 is 0. The van der Waals surface area contributed by atoms with Crippen molar-refractivity contribution in [1.29, 1.82) is 0 Å². The Kier molecular flexibility index (Phi) is 5.19. The average Bonchev–Trinajstić information content (AvgIpc) is 3.12. The van der Waals surface area contributed by atoms with Crippen molar-refractivity contribution >= 4 is 0 Å². The van der Waals surface area contributed by atoms with Gasteiger partial charge in [-0.25, -0.2) is 0 Å². The van der Waals surface area contributed by atoms with Crippen LogP contribution in [0.5, 0.6) is 0 Å². The lowest BCUT2D eigenvalue weighted by Crippen LogP contribution is -2.67. The molecule has 0 spiro atoms. The molecule has 182 valence electrons. The van der Waals surface area contributed by atoms with E-state index in [9.17, 15) is 5.11 Å². The minimum absolute atomic E-state index is 0.0455. The summed E-state index contributed by atoms with van der Waals surface area (Å²) in [7, 11) is 0. The molecule has 3 unspecified atom stereocenters. The summed E-state index contributed by atoms with van der Waals surface area (Å²) in [5.74, 6) is 3.67. The monoisotopic (exact) mass is 441 g/mol. The number of allylic oxidation sites excluding steroid dienone is 1. The van der Waals surface area contributed by atoms with Gasteiger partial charge in [-0.15, -0.1) is 0 Å². The summed E-state index contributed by atoms with van der Waals surface area (Å²) in [5.41, 5.74) is 9.59. The molecule has 0 aromatic carbocycles. The first-order valence-electron chi connectivity index (χ1n) is 13.9. The molecule has 2 nitrogen and oxygen atoms in total. The van der Waals surface area contributed by atoms with Gasteiger partial charge in [0.15, 0.2) is 0 Å². The third-order valence-corrected chi connectivity index (χ3v) is 13.6. The molecule has 0 bridgehead atoms. The molecule has 0 aromatic rings. The molecule has 5 aliphatic carbocycles. The number of aliphatic hydroxyl groups excluding tert-OH is 1. The summed E-state index contributed by atoms with van der Waals surface area (Å²) in [6.45, 7) is 20.4. The molecule has 0 radical (unpaired) electrons. The fourth-order valence-electron chi connectivity index (χ4n) is 11.6. The highest BCUT2D eigenvalue weighted by Crippen LogP contribution is 2.77. The Hall–Kier alpha value is -0.340. The van der Waals surface area contributed by atoms with Gasteiger partial charge in [0, 0.05) is 0 Å². The van der Waals surface area contributed by atoms with Gasteiger partial charge in [-0.2, -0.15) is 0 Å². The van der Waals surface area contributed by atoms with E-state index >= 15 is 0 Å². The topological polar surface area (TPSA) is 46.2 Å². The Bertz CT molecular complexity index is 788. The Morgan fingerprint density at radius 2 is 1.56 bits per heavy atom. The predicted octanol–water partition coefficient (Wildman–Crippen LogP) is 6.96. The van der Waals surface area contributed by atoms with Crippen molar-refractivity contribution in [2.24, 2.45) is 62.4 Å². The molecule has 10 atom stereocenters. The summed E-state index contributed by atoms with van der Waals surface area (Å²) in [6.07, 6.45) is 12.8. The fourth-order valence-corrected chi connectivity index (χ4v) is 11.6. The Balaban J connectivity index is 1.55. The molecule has 0 saturated heterocycles. The van der Waals surface area contributed by atoms with E-state index in [2.05, 4.69) is 48.1 Å². The van der Waals surface area contributed by atoms with Gasteiger partial charge < -0.3 is 10.8 Å². The van der Waals surface area contributed by atoms with Gasteiger partial charge in [-0.1, -0.05) is 46.8 Å². The van der Waals surface area contributed by atoms with Gasteiger partial charge in [-0.3, -0.25) is 0 Å². The largest absolute Gasteiger partial charge is 0.393 e. The third kappa shape index (κ3) is 2.66. The van der Waals surface area contributed by atoms with E-state index in [0.717, 1.165) is 30.7 Å². The molecule has 0 aliphatic heterocycles. The van der Waals surface area contributed by atoms with Crippen molar-refractivity contribution in [2.45, 2.75) is 112 Å². The van der Waals surface area contributed by atoms with E-state index < -0.39 is 0 Å². The van der Waals surface area contributed by atoms with E-state index in [1.165, 1.54) is 63.4 Å². The van der Waals surface area contributed by atoms with Gasteiger partial charge in [0.2, 0.25) is 0 Å². The summed E-state index contributed by atoms with van der Waals surface area (Å²) >= 11 is 0. The van der Waals surface area contributed by atoms with Gasteiger partial charge in [0.1, 0.15) is 0 Å². The zero-order chi connectivity index (χ0) is 23.3. The van der Waals surface area contributed by atoms with Crippen molar-refractivity contribution in [3.8, 4) is 0 Å².